The molecule has 4 heteroatoms. The molecule has 2 heterocycles. The number of nitrogens with zero attached hydrogens (tertiary/aromatic N) is 1. The van der Waals surface area contributed by atoms with Crippen LogP contribution < -0.4 is 5.32 Å². The van der Waals surface area contributed by atoms with Crippen molar-refractivity contribution in [2.45, 2.75) is 12.1 Å². The molecule has 0 aromatic carbocycles. The van der Waals surface area contributed by atoms with Crippen molar-refractivity contribution in [2.75, 3.05) is 46.5 Å². The van der Waals surface area contributed by atoms with Gasteiger partial charge >= 0.3 is 0 Å². The maximum absolute atomic E-state index is 5.67. The molecule has 0 saturated carbocycles. The van der Waals surface area contributed by atoms with Crippen molar-refractivity contribution in [3.63, 3.8) is 0 Å². The Hall–Kier alpha value is -0.160. The number of morpholine rings is 1. The van der Waals surface area contributed by atoms with Gasteiger partial charge in [0.25, 0.3) is 0 Å². The number of nitrogens with one attached hydrogen (secondary N) is 1. The molecule has 2 aliphatic rings. The first-order chi connectivity index (χ1) is 6.42. The summed E-state index contributed by atoms with van der Waals surface area (Å²) in [6.45, 7) is 5.84. The molecule has 0 radical (unpaired) electrons. The van der Waals surface area contributed by atoms with Gasteiger partial charge in [-0.15, -0.1) is 0 Å². The zero-order chi connectivity index (χ0) is 9.10. The maximum Gasteiger partial charge on any atom is 0.0867 e. The van der Waals surface area contributed by atoms with E-state index in [9.17, 15) is 0 Å². The van der Waals surface area contributed by atoms with Crippen molar-refractivity contribution in [1.29, 1.82) is 0 Å². The van der Waals surface area contributed by atoms with E-state index in [0.29, 0.717) is 12.1 Å². The van der Waals surface area contributed by atoms with Crippen molar-refractivity contribution in [2.24, 2.45) is 0 Å². The Morgan fingerprint density at radius 1 is 1.54 bits per heavy atom. The molecule has 0 spiro atoms. The van der Waals surface area contributed by atoms with Crippen LogP contribution in [0.15, 0.2) is 0 Å². The highest BCUT2D eigenvalue weighted by Gasteiger charge is 2.35. The summed E-state index contributed by atoms with van der Waals surface area (Å²) in [6.07, 6.45) is 0.408. The van der Waals surface area contributed by atoms with Crippen molar-refractivity contribution in [3.8, 4) is 0 Å². The van der Waals surface area contributed by atoms with Gasteiger partial charge in [0, 0.05) is 39.3 Å². The van der Waals surface area contributed by atoms with Gasteiger partial charge in [0.05, 0.1) is 19.3 Å². The Labute approximate surface area is 79.2 Å². The Balaban J connectivity index is 1.86. The van der Waals surface area contributed by atoms with Gasteiger partial charge in [0.1, 0.15) is 0 Å². The van der Waals surface area contributed by atoms with Gasteiger partial charge in [-0.3, -0.25) is 4.90 Å². The van der Waals surface area contributed by atoms with E-state index in [-0.39, 0.29) is 0 Å². The highest BCUT2D eigenvalue weighted by Crippen LogP contribution is 2.16. The molecule has 0 aromatic heterocycles. The molecule has 0 aromatic rings. The number of ether oxygens (including phenoxy) is 2. The van der Waals surface area contributed by atoms with Crippen LogP contribution in [0, 0.1) is 0 Å². The zero-order valence-corrected chi connectivity index (χ0v) is 8.16. The van der Waals surface area contributed by atoms with Crippen LogP contribution in [0.1, 0.15) is 0 Å². The average Bonchev–Trinajstić information content (AvgIpc) is 2.62. The van der Waals surface area contributed by atoms with Crippen LogP contribution in [0.3, 0.4) is 0 Å². The quantitative estimate of drug-likeness (QED) is 0.632. The fourth-order valence-electron chi connectivity index (χ4n) is 2.15. The number of hydrogen-bond donors (Lipinski definition) is 1. The third-order valence-electron chi connectivity index (χ3n) is 2.89. The summed E-state index contributed by atoms with van der Waals surface area (Å²) in [6, 6.07) is 0.573. The number of fused-ring (bicyclic) bond motifs is 1. The first-order valence-corrected chi connectivity index (χ1v) is 4.97. The Morgan fingerprint density at radius 2 is 2.46 bits per heavy atom. The van der Waals surface area contributed by atoms with E-state index in [2.05, 4.69) is 10.2 Å². The van der Waals surface area contributed by atoms with Crippen LogP contribution in [-0.2, 0) is 9.47 Å². The molecule has 0 unspecified atom stereocenters. The van der Waals surface area contributed by atoms with Crippen molar-refractivity contribution in [3.05, 3.63) is 0 Å². The van der Waals surface area contributed by atoms with E-state index in [1.807, 2.05) is 0 Å². The second-order valence-electron chi connectivity index (χ2n) is 3.66. The summed E-state index contributed by atoms with van der Waals surface area (Å²) in [5.41, 5.74) is 0. The van der Waals surface area contributed by atoms with E-state index < -0.39 is 0 Å². The third kappa shape index (κ3) is 2.02. The standard InChI is InChI=1S/C9H18N2O2/c1-12-4-2-11-3-5-13-9-7-10-6-8(9)11/h8-10H,2-7H2,1H3/t8-,9-/m1/s1. The van der Waals surface area contributed by atoms with E-state index in [0.717, 1.165) is 39.4 Å². The Kier molecular flexibility index (Phi) is 3.16. The number of methoxy groups -OCH3 is 1. The first-order valence-electron chi connectivity index (χ1n) is 4.97. The summed E-state index contributed by atoms with van der Waals surface area (Å²) in [4.78, 5) is 2.47. The molecule has 1 N–H and O–H groups in total. The predicted octanol–water partition coefficient (Wildman–Crippen LogP) is -0.695. The van der Waals surface area contributed by atoms with Crippen LogP contribution in [-0.4, -0.2) is 63.5 Å². The third-order valence-corrected chi connectivity index (χ3v) is 2.89. The molecule has 2 aliphatic heterocycles. The van der Waals surface area contributed by atoms with Gasteiger partial charge in [-0.2, -0.15) is 0 Å². The lowest BCUT2D eigenvalue weighted by atomic mass is 10.1. The SMILES string of the molecule is COCCN1CCO[C@@H]2CNC[C@H]21. The van der Waals surface area contributed by atoms with Gasteiger partial charge in [-0.1, -0.05) is 0 Å². The monoisotopic (exact) mass is 186 g/mol. The zero-order valence-electron chi connectivity index (χ0n) is 8.16. The van der Waals surface area contributed by atoms with Gasteiger partial charge in [-0.25, -0.2) is 0 Å². The molecular weight excluding hydrogens is 168 g/mol. The number of rotatable bonds is 3. The van der Waals surface area contributed by atoms with E-state index in [4.69, 9.17) is 9.47 Å². The number of hydrogen-bond acceptors (Lipinski definition) is 4. The summed E-state index contributed by atoms with van der Waals surface area (Å²) in [5, 5.41) is 3.36. The van der Waals surface area contributed by atoms with Gasteiger partial charge in [-0.05, 0) is 0 Å². The smallest absolute Gasteiger partial charge is 0.0867 e. The van der Waals surface area contributed by atoms with Gasteiger partial charge in [0.15, 0.2) is 0 Å². The van der Waals surface area contributed by atoms with Gasteiger partial charge < -0.3 is 14.8 Å². The molecule has 4 nitrogen and oxygen atoms in total. The van der Waals surface area contributed by atoms with E-state index >= 15 is 0 Å². The maximum atomic E-state index is 5.67. The second-order valence-corrected chi connectivity index (χ2v) is 3.66. The van der Waals surface area contributed by atoms with Crippen LogP contribution in [0.2, 0.25) is 0 Å². The van der Waals surface area contributed by atoms with Crippen LogP contribution in [0.25, 0.3) is 0 Å². The average molecular weight is 186 g/mol. The minimum absolute atomic E-state index is 0.408. The molecular formula is C9H18N2O2. The van der Waals surface area contributed by atoms with Crippen LogP contribution in [0.4, 0.5) is 0 Å². The van der Waals surface area contributed by atoms with Crippen LogP contribution in [0.5, 0.6) is 0 Å². The lowest BCUT2D eigenvalue weighted by molar-refractivity contribution is -0.0523. The summed E-state index contributed by atoms with van der Waals surface area (Å²) in [7, 11) is 1.75. The minimum Gasteiger partial charge on any atom is -0.383 e. The predicted molar refractivity (Wildman–Crippen MR) is 49.8 cm³/mol. The summed E-state index contributed by atoms with van der Waals surface area (Å²) < 4.78 is 10.8. The van der Waals surface area contributed by atoms with E-state index in [1.54, 1.807) is 7.11 Å². The summed E-state index contributed by atoms with van der Waals surface area (Å²) in [5.74, 6) is 0. The summed E-state index contributed by atoms with van der Waals surface area (Å²) >= 11 is 0. The fraction of sp³-hybridized carbons (Fsp3) is 1.00. The van der Waals surface area contributed by atoms with Crippen molar-refractivity contribution in [1.82, 2.24) is 10.2 Å². The molecule has 2 atom stereocenters. The van der Waals surface area contributed by atoms with Gasteiger partial charge in [0.2, 0.25) is 0 Å². The molecule has 13 heavy (non-hydrogen) atoms. The highest BCUT2D eigenvalue weighted by molar-refractivity contribution is 4.92. The Morgan fingerprint density at radius 3 is 3.31 bits per heavy atom. The van der Waals surface area contributed by atoms with E-state index in [1.165, 1.54) is 0 Å². The van der Waals surface area contributed by atoms with Crippen molar-refractivity contribution >= 4 is 0 Å². The largest absolute Gasteiger partial charge is 0.383 e. The van der Waals surface area contributed by atoms with Crippen LogP contribution >= 0.6 is 0 Å². The minimum atomic E-state index is 0.408. The molecule has 76 valence electrons. The first kappa shape index (κ1) is 9.40. The normalized spacial score (nSPS) is 34.8. The molecule has 0 aliphatic carbocycles. The molecule has 2 rings (SSSR count). The molecule has 0 bridgehead atoms. The molecule has 0 amide bonds. The molecule has 2 saturated heterocycles. The lowest BCUT2D eigenvalue weighted by Gasteiger charge is -2.36. The Bertz CT molecular complexity index is 166. The highest BCUT2D eigenvalue weighted by atomic mass is 16.5. The second kappa shape index (κ2) is 4.37. The lowest BCUT2D eigenvalue weighted by Crippen LogP contribution is -2.51. The molecule has 2 fully saturated rings. The fourth-order valence-corrected chi connectivity index (χ4v) is 2.15. The van der Waals surface area contributed by atoms with Crippen molar-refractivity contribution < 1.29 is 9.47 Å². The topological polar surface area (TPSA) is 33.7 Å².